The topological polar surface area (TPSA) is 97.5 Å². The predicted octanol–water partition coefficient (Wildman–Crippen LogP) is 0.100. The van der Waals surface area contributed by atoms with E-state index in [4.69, 9.17) is 10.2 Å². The van der Waals surface area contributed by atoms with Crippen molar-refractivity contribution in [2.45, 2.75) is 11.3 Å². The SMILES string of the molecule is NS(=O)(=O)c1ccc(F)cc1CC(=O)O. The molecule has 0 spiro atoms. The third-order valence-corrected chi connectivity index (χ3v) is 2.68. The fraction of sp³-hybridized carbons (Fsp3) is 0.125. The van der Waals surface area contributed by atoms with E-state index in [0.29, 0.717) is 0 Å². The van der Waals surface area contributed by atoms with Crippen LogP contribution < -0.4 is 5.14 Å². The average Bonchev–Trinajstić information content (AvgIpc) is 1.99. The second-order valence-corrected chi connectivity index (χ2v) is 4.40. The number of carbonyl (C=O) groups is 1. The monoisotopic (exact) mass is 233 g/mol. The molecule has 1 rings (SSSR count). The molecule has 0 unspecified atom stereocenters. The van der Waals surface area contributed by atoms with E-state index < -0.39 is 28.2 Å². The van der Waals surface area contributed by atoms with E-state index in [9.17, 15) is 17.6 Å². The summed E-state index contributed by atoms with van der Waals surface area (Å²) in [5.41, 5.74) is -0.162. The van der Waals surface area contributed by atoms with Crippen LogP contribution >= 0.6 is 0 Å². The van der Waals surface area contributed by atoms with Gasteiger partial charge >= 0.3 is 5.97 Å². The first kappa shape index (κ1) is 11.6. The van der Waals surface area contributed by atoms with Crippen LogP contribution in [0.25, 0.3) is 0 Å². The number of sulfonamides is 1. The highest BCUT2D eigenvalue weighted by Crippen LogP contribution is 2.16. The number of hydrogen-bond donors (Lipinski definition) is 2. The molecule has 0 aromatic heterocycles. The summed E-state index contributed by atoms with van der Waals surface area (Å²) in [6, 6.07) is 2.70. The summed E-state index contributed by atoms with van der Waals surface area (Å²) in [4.78, 5) is 10.0. The molecule has 0 aliphatic heterocycles. The highest BCUT2D eigenvalue weighted by molar-refractivity contribution is 7.89. The summed E-state index contributed by atoms with van der Waals surface area (Å²) in [6.45, 7) is 0. The lowest BCUT2D eigenvalue weighted by Crippen LogP contribution is -2.16. The zero-order chi connectivity index (χ0) is 11.6. The van der Waals surface area contributed by atoms with Crippen LogP contribution in [-0.2, 0) is 21.2 Å². The molecule has 7 heteroatoms. The fourth-order valence-corrected chi connectivity index (χ4v) is 1.88. The maximum absolute atomic E-state index is 12.8. The molecule has 1 aromatic rings. The first-order valence-corrected chi connectivity index (χ1v) is 5.38. The Balaban J connectivity index is 3.33. The van der Waals surface area contributed by atoms with Gasteiger partial charge in [-0.05, 0) is 23.8 Å². The Bertz CT molecular complexity index is 497. The van der Waals surface area contributed by atoms with Gasteiger partial charge in [0.1, 0.15) is 5.82 Å². The number of hydrogen-bond acceptors (Lipinski definition) is 3. The number of rotatable bonds is 3. The molecular formula is C8H8FNO4S. The molecule has 3 N–H and O–H groups in total. The van der Waals surface area contributed by atoms with E-state index in [1.165, 1.54) is 0 Å². The van der Waals surface area contributed by atoms with E-state index in [2.05, 4.69) is 0 Å². The maximum Gasteiger partial charge on any atom is 0.307 e. The molecule has 0 heterocycles. The normalized spacial score (nSPS) is 11.3. The van der Waals surface area contributed by atoms with Crippen LogP contribution in [0.4, 0.5) is 4.39 Å². The van der Waals surface area contributed by atoms with E-state index in [0.717, 1.165) is 18.2 Å². The van der Waals surface area contributed by atoms with Gasteiger partial charge in [0.25, 0.3) is 0 Å². The van der Waals surface area contributed by atoms with Crippen molar-refractivity contribution in [2.24, 2.45) is 5.14 Å². The van der Waals surface area contributed by atoms with Crippen LogP contribution in [0, 0.1) is 5.82 Å². The molecule has 5 nitrogen and oxygen atoms in total. The Kier molecular flexibility index (Phi) is 3.06. The lowest BCUT2D eigenvalue weighted by molar-refractivity contribution is -0.136. The summed E-state index contributed by atoms with van der Waals surface area (Å²) in [7, 11) is -4.03. The molecule has 0 saturated heterocycles. The summed E-state index contributed by atoms with van der Waals surface area (Å²) in [6.07, 6.45) is -0.594. The summed E-state index contributed by atoms with van der Waals surface area (Å²) in [5.74, 6) is -1.97. The van der Waals surface area contributed by atoms with Crippen molar-refractivity contribution in [3.63, 3.8) is 0 Å². The minimum Gasteiger partial charge on any atom is -0.481 e. The Morgan fingerprint density at radius 3 is 2.53 bits per heavy atom. The number of primary sulfonamides is 1. The molecule has 0 amide bonds. The Morgan fingerprint density at radius 2 is 2.07 bits per heavy atom. The van der Waals surface area contributed by atoms with Crippen LogP contribution in [0.5, 0.6) is 0 Å². The minimum atomic E-state index is -4.03. The highest BCUT2D eigenvalue weighted by atomic mass is 32.2. The third kappa shape index (κ3) is 3.00. The van der Waals surface area contributed by atoms with Crippen LogP contribution in [0.2, 0.25) is 0 Å². The molecule has 0 atom stereocenters. The largest absolute Gasteiger partial charge is 0.481 e. The molecule has 0 aliphatic carbocycles. The zero-order valence-electron chi connectivity index (χ0n) is 7.47. The standard InChI is InChI=1S/C8H8FNO4S/c9-6-1-2-7(15(10,13)14)5(3-6)4-8(11)12/h1-3H,4H2,(H,11,12)(H2,10,13,14). The molecule has 0 saturated carbocycles. The van der Waals surface area contributed by atoms with Gasteiger partial charge in [-0.15, -0.1) is 0 Å². The summed E-state index contributed by atoms with van der Waals surface area (Å²) >= 11 is 0. The van der Waals surface area contributed by atoms with Gasteiger partial charge in [-0.25, -0.2) is 17.9 Å². The Morgan fingerprint density at radius 1 is 1.47 bits per heavy atom. The zero-order valence-corrected chi connectivity index (χ0v) is 8.29. The van der Waals surface area contributed by atoms with Gasteiger partial charge in [-0.3, -0.25) is 4.79 Å². The van der Waals surface area contributed by atoms with Crippen molar-refractivity contribution in [3.8, 4) is 0 Å². The van der Waals surface area contributed by atoms with E-state index >= 15 is 0 Å². The second-order valence-electron chi connectivity index (χ2n) is 2.87. The van der Waals surface area contributed by atoms with Crippen molar-refractivity contribution >= 4 is 16.0 Å². The molecule has 0 radical (unpaired) electrons. The number of carboxylic acids is 1. The molecular weight excluding hydrogens is 225 g/mol. The van der Waals surface area contributed by atoms with Gasteiger partial charge in [-0.1, -0.05) is 0 Å². The number of halogens is 1. The average molecular weight is 233 g/mol. The van der Waals surface area contributed by atoms with Gasteiger partial charge in [0.05, 0.1) is 11.3 Å². The van der Waals surface area contributed by atoms with Gasteiger partial charge < -0.3 is 5.11 Å². The molecule has 15 heavy (non-hydrogen) atoms. The number of nitrogens with two attached hydrogens (primary N) is 1. The van der Waals surface area contributed by atoms with Gasteiger partial charge in [0.2, 0.25) is 10.0 Å². The van der Waals surface area contributed by atoms with Crippen LogP contribution in [0.3, 0.4) is 0 Å². The van der Waals surface area contributed by atoms with E-state index in [1.807, 2.05) is 0 Å². The first-order valence-electron chi connectivity index (χ1n) is 3.84. The van der Waals surface area contributed by atoms with Crippen molar-refractivity contribution in [1.29, 1.82) is 0 Å². The number of aliphatic carboxylic acids is 1. The van der Waals surface area contributed by atoms with Crippen molar-refractivity contribution in [3.05, 3.63) is 29.6 Å². The lowest BCUT2D eigenvalue weighted by Gasteiger charge is -2.05. The molecule has 0 bridgehead atoms. The highest BCUT2D eigenvalue weighted by Gasteiger charge is 2.16. The lowest BCUT2D eigenvalue weighted by atomic mass is 10.1. The van der Waals surface area contributed by atoms with Crippen molar-refractivity contribution in [2.75, 3.05) is 0 Å². The smallest absolute Gasteiger partial charge is 0.307 e. The number of carboxylic acid groups (broad SMARTS) is 1. The fourth-order valence-electron chi connectivity index (χ4n) is 1.13. The van der Waals surface area contributed by atoms with E-state index in [-0.39, 0.29) is 10.5 Å². The number of benzene rings is 1. The van der Waals surface area contributed by atoms with Crippen molar-refractivity contribution in [1.82, 2.24) is 0 Å². The maximum atomic E-state index is 12.8. The molecule has 1 aromatic carbocycles. The minimum absolute atomic E-state index is 0.162. The molecule has 82 valence electrons. The Labute approximate surface area is 85.4 Å². The van der Waals surface area contributed by atoms with Gasteiger partial charge in [-0.2, -0.15) is 0 Å². The van der Waals surface area contributed by atoms with E-state index in [1.54, 1.807) is 0 Å². The second kappa shape index (κ2) is 3.95. The van der Waals surface area contributed by atoms with Gasteiger partial charge in [0.15, 0.2) is 0 Å². The van der Waals surface area contributed by atoms with Crippen LogP contribution in [-0.4, -0.2) is 19.5 Å². The van der Waals surface area contributed by atoms with Gasteiger partial charge in [0, 0.05) is 0 Å². The first-order chi connectivity index (χ1) is 6.80. The molecule has 0 aliphatic rings. The third-order valence-electron chi connectivity index (χ3n) is 1.67. The quantitative estimate of drug-likeness (QED) is 0.773. The van der Waals surface area contributed by atoms with Crippen molar-refractivity contribution < 1.29 is 22.7 Å². The summed E-state index contributed by atoms with van der Waals surface area (Å²) in [5, 5.41) is 13.3. The Hall–Kier alpha value is -1.47. The van der Waals surface area contributed by atoms with Crippen LogP contribution in [0.1, 0.15) is 5.56 Å². The summed E-state index contributed by atoms with van der Waals surface area (Å²) < 4.78 is 34.8. The molecule has 0 fully saturated rings. The predicted molar refractivity (Wildman–Crippen MR) is 49.1 cm³/mol. The van der Waals surface area contributed by atoms with Crippen LogP contribution in [0.15, 0.2) is 23.1 Å².